The Balaban J connectivity index is 1.98. The maximum atomic E-state index is 10.4. The van der Waals surface area contributed by atoms with Crippen LogP contribution in [0.5, 0.6) is 0 Å². The van der Waals surface area contributed by atoms with Crippen molar-refractivity contribution in [2.24, 2.45) is 5.41 Å². The van der Waals surface area contributed by atoms with E-state index < -0.39 is 0 Å². The van der Waals surface area contributed by atoms with Crippen LogP contribution in [-0.4, -0.2) is 19.6 Å². The molecule has 1 N–H and O–H groups in total. The van der Waals surface area contributed by atoms with E-state index in [1.54, 1.807) is 6.20 Å². The van der Waals surface area contributed by atoms with Crippen LogP contribution in [-0.2, 0) is 13.0 Å². The molecule has 0 spiro atoms. The molecule has 2 aromatic heterocycles. The normalized spacial score (nSPS) is 20.3. The highest BCUT2D eigenvalue weighted by molar-refractivity contribution is 5.33. The quantitative estimate of drug-likeness (QED) is 0.923. The fourth-order valence-corrected chi connectivity index (χ4v) is 3.28. The second kappa shape index (κ2) is 4.95. The minimum Gasteiger partial charge on any atom is -0.388 e. The third kappa shape index (κ3) is 2.72. The standard InChI is InChI=1S/C17H23N3O/c1-11-8-19-13(9-18-11)10-20-12(2)5-14-15(20)6-17(3,4)7-16(14)21/h5,8-9,16,21H,6-7,10H2,1-4H3. The molecule has 0 radical (unpaired) electrons. The third-order valence-corrected chi connectivity index (χ3v) is 4.35. The lowest BCUT2D eigenvalue weighted by Crippen LogP contribution is -2.27. The van der Waals surface area contributed by atoms with Crippen molar-refractivity contribution in [3.8, 4) is 0 Å². The van der Waals surface area contributed by atoms with Crippen molar-refractivity contribution in [3.63, 3.8) is 0 Å². The lowest BCUT2D eigenvalue weighted by atomic mass is 9.75. The molecule has 3 rings (SSSR count). The van der Waals surface area contributed by atoms with Gasteiger partial charge in [0.25, 0.3) is 0 Å². The predicted octanol–water partition coefficient (Wildman–Crippen LogP) is 2.95. The zero-order valence-electron chi connectivity index (χ0n) is 13.2. The van der Waals surface area contributed by atoms with Gasteiger partial charge in [-0.05, 0) is 38.2 Å². The molecule has 1 aliphatic rings. The number of hydrogen-bond donors (Lipinski definition) is 1. The van der Waals surface area contributed by atoms with Crippen molar-refractivity contribution >= 4 is 0 Å². The molecule has 0 aromatic carbocycles. The molecule has 0 saturated carbocycles. The SMILES string of the molecule is Cc1cnc(Cn2c(C)cc3c2CC(C)(C)CC3O)cn1. The Morgan fingerprint density at radius 3 is 2.71 bits per heavy atom. The molecular weight excluding hydrogens is 262 g/mol. The molecule has 0 aliphatic heterocycles. The zero-order valence-corrected chi connectivity index (χ0v) is 13.2. The molecule has 2 heterocycles. The molecule has 0 fully saturated rings. The molecule has 112 valence electrons. The van der Waals surface area contributed by atoms with Gasteiger partial charge in [0.2, 0.25) is 0 Å². The lowest BCUT2D eigenvalue weighted by molar-refractivity contribution is 0.0981. The number of nitrogens with zero attached hydrogens (tertiary/aromatic N) is 3. The number of aliphatic hydroxyl groups excluding tert-OH is 1. The van der Waals surface area contributed by atoms with E-state index in [1.807, 2.05) is 13.1 Å². The summed E-state index contributed by atoms with van der Waals surface area (Å²) in [5.41, 5.74) is 5.54. The van der Waals surface area contributed by atoms with Gasteiger partial charge in [0, 0.05) is 23.1 Å². The molecule has 0 amide bonds. The summed E-state index contributed by atoms with van der Waals surface area (Å²) < 4.78 is 2.28. The summed E-state index contributed by atoms with van der Waals surface area (Å²) in [4.78, 5) is 8.77. The van der Waals surface area contributed by atoms with Crippen molar-refractivity contribution in [2.45, 2.75) is 53.2 Å². The highest BCUT2D eigenvalue weighted by Crippen LogP contribution is 2.42. The van der Waals surface area contributed by atoms with Crippen molar-refractivity contribution in [1.29, 1.82) is 0 Å². The molecular formula is C17H23N3O. The molecule has 0 bridgehead atoms. The maximum Gasteiger partial charge on any atom is 0.0812 e. The van der Waals surface area contributed by atoms with Crippen LogP contribution in [0.1, 0.15) is 54.7 Å². The number of fused-ring (bicyclic) bond motifs is 1. The summed E-state index contributed by atoms with van der Waals surface area (Å²) in [6.45, 7) is 9.20. The van der Waals surface area contributed by atoms with Crippen molar-refractivity contribution in [1.82, 2.24) is 14.5 Å². The minimum atomic E-state index is -0.354. The van der Waals surface area contributed by atoms with Gasteiger partial charge in [-0.2, -0.15) is 0 Å². The highest BCUT2D eigenvalue weighted by Gasteiger charge is 2.34. The van der Waals surface area contributed by atoms with E-state index >= 15 is 0 Å². The average molecular weight is 285 g/mol. The Morgan fingerprint density at radius 2 is 2.05 bits per heavy atom. The van der Waals surface area contributed by atoms with Gasteiger partial charge in [-0.25, -0.2) is 0 Å². The number of aryl methyl sites for hydroxylation is 2. The molecule has 4 heteroatoms. The van der Waals surface area contributed by atoms with Gasteiger partial charge in [-0.3, -0.25) is 9.97 Å². The topological polar surface area (TPSA) is 50.9 Å². The fourth-order valence-electron chi connectivity index (χ4n) is 3.28. The van der Waals surface area contributed by atoms with Gasteiger partial charge in [0.05, 0.1) is 30.2 Å². The smallest absolute Gasteiger partial charge is 0.0812 e. The van der Waals surface area contributed by atoms with Crippen LogP contribution in [0.3, 0.4) is 0 Å². The second-order valence-electron chi connectivity index (χ2n) is 6.98. The second-order valence-corrected chi connectivity index (χ2v) is 6.98. The van der Waals surface area contributed by atoms with Crippen LogP contribution < -0.4 is 0 Å². The van der Waals surface area contributed by atoms with Crippen LogP contribution in [0.15, 0.2) is 18.5 Å². The van der Waals surface area contributed by atoms with Gasteiger partial charge in [0.1, 0.15) is 0 Å². The highest BCUT2D eigenvalue weighted by atomic mass is 16.3. The van der Waals surface area contributed by atoms with E-state index in [4.69, 9.17) is 0 Å². The van der Waals surface area contributed by atoms with E-state index in [0.29, 0.717) is 0 Å². The summed E-state index contributed by atoms with van der Waals surface area (Å²) in [7, 11) is 0. The summed E-state index contributed by atoms with van der Waals surface area (Å²) in [5, 5.41) is 10.4. The Hall–Kier alpha value is -1.68. The summed E-state index contributed by atoms with van der Waals surface area (Å²) in [5.74, 6) is 0. The number of aromatic nitrogens is 3. The molecule has 0 saturated heterocycles. The van der Waals surface area contributed by atoms with Gasteiger partial charge in [0.15, 0.2) is 0 Å². The van der Waals surface area contributed by atoms with E-state index in [-0.39, 0.29) is 11.5 Å². The molecule has 1 unspecified atom stereocenters. The third-order valence-electron chi connectivity index (χ3n) is 4.35. The molecule has 2 aromatic rings. The van der Waals surface area contributed by atoms with E-state index in [1.165, 1.54) is 11.4 Å². The lowest BCUT2D eigenvalue weighted by Gasteiger charge is -2.34. The monoisotopic (exact) mass is 285 g/mol. The first-order chi connectivity index (χ1) is 9.85. The summed E-state index contributed by atoms with van der Waals surface area (Å²) in [6.07, 6.45) is 5.11. The largest absolute Gasteiger partial charge is 0.388 e. The van der Waals surface area contributed by atoms with Gasteiger partial charge in [-0.1, -0.05) is 13.8 Å². The fraction of sp³-hybridized carbons (Fsp3) is 0.529. The number of hydrogen-bond acceptors (Lipinski definition) is 3. The first kappa shape index (κ1) is 14.3. The van der Waals surface area contributed by atoms with Crippen molar-refractivity contribution < 1.29 is 5.11 Å². The van der Waals surface area contributed by atoms with E-state index in [9.17, 15) is 5.11 Å². The van der Waals surface area contributed by atoms with Crippen molar-refractivity contribution in [2.75, 3.05) is 0 Å². The Morgan fingerprint density at radius 1 is 1.29 bits per heavy atom. The van der Waals surface area contributed by atoms with Crippen LogP contribution >= 0.6 is 0 Å². The first-order valence-electron chi connectivity index (χ1n) is 7.50. The Bertz CT molecular complexity index is 655. The molecule has 1 atom stereocenters. The minimum absolute atomic E-state index is 0.133. The molecule has 4 nitrogen and oxygen atoms in total. The van der Waals surface area contributed by atoms with Gasteiger partial charge in [-0.15, -0.1) is 0 Å². The van der Waals surface area contributed by atoms with Crippen LogP contribution in [0, 0.1) is 19.3 Å². The summed E-state index contributed by atoms with van der Waals surface area (Å²) in [6, 6.07) is 2.12. The average Bonchev–Trinajstić information content (AvgIpc) is 2.69. The van der Waals surface area contributed by atoms with Crippen LogP contribution in [0.4, 0.5) is 0 Å². The molecule has 1 aliphatic carbocycles. The number of aliphatic hydroxyl groups is 1. The van der Waals surface area contributed by atoms with Gasteiger partial charge < -0.3 is 9.67 Å². The Kier molecular flexibility index (Phi) is 3.36. The number of rotatable bonds is 2. The van der Waals surface area contributed by atoms with Gasteiger partial charge >= 0.3 is 0 Å². The first-order valence-corrected chi connectivity index (χ1v) is 7.50. The van der Waals surface area contributed by atoms with Crippen LogP contribution in [0.2, 0.25) is 0 Å². The van der Waals surface area contributed by atoms with E-state index in [2.05, 4.69) is 41.4 Å². The molecule has 21 heavy (non-hydrogen) atoms. The Labute approximate surface area is 125 Å². The van der Waals surface area contributed by atoms with Crippen LogP contribution in [0.25, 0.3) is 0 Å². The van der Waals surface area contributed by atoms with E-state index in [0.717, 1.165) is 36.3 Å². The predicted molar refractivity (Wildman–Crippen MR) is 82.1 cm³/mol. The van der Waals surface area contributed by atoms with Crippen molar-refractivity contribution in [3.05, 3.63) is 46.8 Å². The summed E-state index contributed by atoms with van der Waals surface area (Å²) >= 11 is 0. The zero-order chi connectivity index (χ0) is 15.2. The maximum absolute atomic E-state index is 10.4.